The monoisotopic (exact) mass is 303 g/mol. The van der Waals surface area contributed by atoms with Gasteiger partial charge in [-0.15, -0.1) is 11.6 Å². The number of alkyl halides is 1. The Bertz CT molecular complexity index is 372. The second-order valence-corrected chi connectivity index (χ2v) is 5.15. The summed E-state index contributed by atoms with van der Waals surface area (Å²) in [6.07, 6.45) is 0. The number of morpholine rings is 1. The predicted molar refractivity (Wildman–Crippen MR) is 71.3 cm³/mol. The molecule has 88 valence electrons. The molecule has 0 bridgehead atoms. The lowest BCUT2D eigenvalue weighted by Gasteiger charge is -2.35. The van der Waals surface area contributed by atoms with E-state index in [-0.39, 0.29) is 0 Å². The molecule has 0 radical (unpaired) electrons. The lowest BCUT2D eigenvalue weighted by atomic mass is 10.1. The number of rotatable bonds is 2. The number of hydrogen-bond acceptors (Lipinski definition) is 2. The predicted octanol–water partition coefficient (Wildman–Crippen LogP) is 3.41. The van der Waals surface area contributed by atoms with Crippen molar-refractivity contribution in [3.8, 4) is 0 Å². The average molecular weight is 305 g/mol. The van der Waals surface area contributed by atoms with Gasteiger partial charge >= 0.3 is 0 Å². The highest BCUT2D eigenvalue weighted by Crippen LogP contribution is 2.27. The fraction of sp³-hybridized carbons (Fsp3) is 0.500. The van der Waals surface area contributed by atoms with Crippen LogP contribution in [-0.4, -0.2) is 25.8 Å². The van der Waals surface area contributed by atoms with Gasteiger partial charge in [0.15, 0.2) is 0 Å². The Balaban J connectivity index is 2.22. The quantitative estimate of drug-likeness (QED) is 0.776. The molecule has 4 heteroatoms. The maximum atomic E-state index is 5.84. The number of ether oxygens (including phenoxy) is 1. The minimum Gasteiger partial charge on any atom is -0.377 e. The van der Waals surface area contributed by atoms with Crippen molar-refractivity contribution in [2.75, 3.05) is 24.7 Å². The van der Waals surface area contributed by atoms with E-state index in [0.717, 1.165) is 29.8 Å². The zero-order valence-corrected chi connectivity index (χ0v) is 11.6. The Morgan fingerprint density at radius 1 is 1.56 bits per heavy atom. The molecule has 1 aromatic rings. The molecule has 2 nitrogen and oxygen atoms in total. The highest BCUT2D eigenvalue weighted by Gasteiger charge is 2.19. The zero-order valence-electron chi connectivity index (χ0n) is 9.25. The first-order valence-electron chi connectivity index (χ1n) is 5.41. The fourth-order valence-corrected chi connectivity index (χ4v) is 2.84. The summed E-state index contributed by atoms with van der Waals surface area (Å²) in [5, 5.41) is 0. The molecule has 1 fully saturated rings. The highest BCUT2D eigenvalue weighted by atomic mass is 79.9. The summed E-state index contributed by atoms with van der Waals surface area (Å²) in [6, 6.07) is 6.78. The largest absolute Gasteiger partial charge is 0.377 e. The fourth-order valence-electron chi connectivity index (χ4n) is 1.93. The number of benzene rings is 1. The van der Waals surface area contributed by atoms with Crippen LogP contribution in [0.3, 0.4) is 0 Å². The van der Waals surface area contributed by atoms with Crippen LogP contribution in [0.25, 0.3) is 0 Å². The number of anilines is 1. The van der Waals surface area contributed by atoms with Gasteiger partial charge in [0.1, 0.15) is 0 Å². The van der Waals surface area contributed by atoms with E-state index in [4.69, 9.17) is 16.3 Å². The molecular weight excluding hydrogens is 289 g/mol. The lowest BCUT2D eigenvalue weighted by Crippen LogP contribution is -2.43. The third-order valence-corrected chi connectivity index (χ3v) is 3.91. The minimum absolute atomic E-state index is 0.433. The van der Waals surface area contributed by atoms with Crippen LogP contribution < -0.4 is 4.90 Å². The summed E-state index contributed by atoms with van der Waals surface area (Å²) in [5.41, 5.74) is 2.36. The summed E-state index contributed by atoms with van der Waals surface area (Å²) in [4.78, 5) is 2.37. The van der Waals surface area contributed by atoms with Crippen LogP contribution in [0.2, 0.25) is 0 Å². The minimum atomic E-state index is 0.433. The Kier molecular flexibility index (Phi) is 4.11. The standard InChI is InChI=1S/C12H15BrClNO/c1-9-8-16-5-4-15(9)11-3-2-10(7-14)12(13)6-11/h2-3,6,9H,4-5,7-8H2,1H3. The SMILES string of the molecule is CC1COCCN1c1ccc(CCl)c(Br)c1. The van der Waals surface area contributed by atoms with E-state index >= 15 is 0 Å². The molecule has 1 aliphatic heterocycles. The van der Waals surface area contributed by atoms with Crippen LogP contribution in [0, 0.1) is 0 Å². The van der Waals surface area contributed by atoms with Crippen LogP contribution in [0.5, 0.6) is 0 Å². The summed E-state index contributed by atoms with van der Waals surface area (Å²) in [7, 11) is 0. The molecule has 0 spiro atoms. The Hall–Kier alpha value is -0.250. The van der Waals surface area contributed by atoms with Gasteiger partial charge in [-0.25, -0.2) is 0 Å². The van der Waals surface area contributed by atoms with Crippen LogP contribution in [-0.2, 0) is 10.6 Å². The number of nitrogens with zero attached hydrogens (tertiary/aromatic N) is 1. The van der Waals surface area contributed by atoms with Crippen LogP contribution >= 0.6 is 27.5 Å². The van der Waals surface area contributed by atoms with Gasteiger partial charge in [-0.3, -0.25) is 0 Å². The lowest BCUT2D eigenvalue weighted by molar-refractivity contribution is 0.0989. The summed E-state index contributed by atoms with van der Waals surface area (Å²) in [6.45, 7) is 4.74. The van der Waals surface area contributed by atoms with E-state index < -0.39 is 0 Å². The topological polar surface area (TPSA) is 12.5 Å². The van der Waals surface area contributed by atoms with E-state index in [0.29, 0.717) is 11.9 Å². The molecule has 2 rings (SSSR count). The van der Waals surface area contributed by atoms with Crippen molar-refractivity contribution >= 4 is 33.2 Å². The molecule has 1 aliphatic rings. The molecule has 1 atom stereocenters. The van der Waals surface area contributed by atoms with Crippen molar-refractivity contribution in [2.24, 2.45) is 0 Å². The summed E-state index contributed by atoms with van der Waals surface area (Å²) in [5.74, 6) is 0.541. The molecule has 1 saturated heterocycles. The second kappa shape index (κ2) is 5.39. The van der Waals surface area contributed by atoms with Gasteiger partial charge in [0.25, 0.3) is 0 Å². The molecular formula is C12H15BrClNO. The maximum absolute atomic E-state index is 5.84. The van der Waals surface area contributed by atoms with Crippen LogP contribution in [0.4, 0.5) is 5.69 Å². The van der Waals surface area contributed by atoms with E-state index in [2.05, 4.69) is 46.0 Å². The van der Waals surface area contributed by atoms with Crippen molar-refractivity contribution in [2.45, 2.75) is 18.8 Å². The Morgan fingerprint density at radius 2 is 2.38 bits per heavy atom. The van der Waals surface area contributed by atoms with Gasteiger partial charge in [0.2, 0.25) is 0 Å². The van der Waals surface area contributed by atoms with Crippen LogP contribution in [0.1, 0.15) is 12.5 Å². The van der Waals surface area contributed by atoms with E-state index in [9.17, 15) is 0 Å². The second-order valence-electron chi connectivity index (χ2n) is 4.03. The maximum Gasteiger partial charge on any atom is 0.0668 e. The van der Waals surface area contributed by atoms with Gasteiger partial charge < -0.3 is 9.64 Å². The number of hydrogen-bond donors (Lipinski definition) is 0. The molecule has 1 aromatic carbocycles. The molecule has 0 amide bonds. The van der Waals surface area contributed by atoms with E-state index in [1.54, 1.807) is 0 Å². The average Bonchev–Trinajstić information content (AvgIpc) is 2.29. The molecule has 0 aromatic heterocycles. The smallest absolute Gasteiger partial charge is 0.0668 e. The molecule has 0 aliphatic carbocycles. The third-order valence-electron chi connectivity index (χ3n) is 2.88. The third kappa shape index (κ3) is 2.53. The first-order chi connectivity index (χ1) is 7.72. The first-order valence-corrected chi connectivity index (χ1v) is 6.74. The van der Waals surface area contributed by atoms with E-state index in [1.165, 1.54) is 5.69 Å². The van der Waals surface area contributed by atoms with Crippen molar-refractivity contribution in [1.82, 2.24) is 0 Å². The van der Waals surface area contributed by atoms with Gasteiger partial charge in [-0.05, 0) is 24.6 Å². The molecule has 16 heavy (non-hydrogen) atoms. The summed E-state index contributed by atoms with van der Waals surface area (Å²) < 4.78 is 6.52. The molecule has 0 N–H and O–H groups in total. The Labute approximate surface area is 110 Å². The van der Waals surface area contributed by atoms with Crippen molar-refractivity contribution in [3.63, 3.8) is 0 Å². The molecule has 1 unspecified atom stereocenters. The van der Waals surface area contributed by atoms with Crippen molar-refractivity contribution in [3.05, 3.63) is 28.2 Å². The molecule has 0 saturated carbocycles. The normalized spacial score (nSPS) is 21.2. The van der Waals surface area contributed by atoms with Crippen molar-refractivity contribution in [1.29, 1.82) is 0 Å². The van der Waals surface area contributed by atoms with Gasteiger partial charge in [0, 0.05) is 28.6 Å². The van der Waals surface area contributed by atoms with E-state index in [1.807, 2.05) is 0 Å². The summed E-state index contributed by atoms with van der Waals surface area (Å²) >= 11 is 9.39. The molecule has 1 heterocycles. The van der Waals surface area contributed by atoms with Gasteiger partial charge in [-0.2, -0.15) is 0 Å². The first kappa shape index (κ1) is 12.2. The zero-order chi connectivity index (χ0) is 11.5. The van der Waals surface area contributed by atoms with Crippen molar-refractivity contribution < 1.29 is 4.74 Å². The van der Waals surface area contributed by atoms with Gasteiger partial charge in [0.05, 0.1) is 13.2 Å². The number of halogens is 2. The highest BCUT2D eigenvalue weighted by molar-refractivity contribution is 9.10. The Morgan fingerprint density at radius 3 is 3.00 bits per heavy atom. The van der Waals surface area contributed by atoms with Gasteiger partial charge in [-0.1, -0.05) is 22.0 Å². The van der Waals surface area contributed by atoms with Crippen LogP contribution in [0.15, 0.2) is 22.7 Å².